The molecule has 1 aliphatic carbocycles. The van der Waals surface area contributed by atoms with Crippen LogP contribution in [0.5, 0.6) is 0 Å². The van der Waals surface area contributed by atoms with Gasteiger partial charge in [0.05, 0.1) is 12.6 Å². The smallest absolute Gasteiger partial charge is 0.319 e. The van der Waals surface area contributed by atoms with Gasteiger partial charge in [0.25, 0.3) is 0 Å². The number of aliphatic hydroxyl groups excluding tert-OH is 1. The highest BCUT2D eigenvalue weighted by Crippen LogP contribution is 2.34. The van der Waals surface area contributed by atoms with Crippen LogP contribution in [0, 0.1) is 0 Å². The largest absolute Gasteiger partial charge is 0.394 e. The normalized spacial score (nSPS) is 15.6. The Balaban J connectivity index is 1.48. The summed E-state index contributed by atoms with van der Waals surface area (Å²) in [5.41, 5.74) is 1.84. The molecule has 2 aromatic carbocycles. The van der Waals surface area contributed by atoms with E-state index in [9.17, 15) is 9.90 Å². The number of carbonyl (C=O) groups is 1. The topological polar surface area (TPSA) is 61.4 Å². The fourth-order valence-electron chi connectivity index (χ4n) is 3.23. The van der Waals surface area contributed by atoms with Crippen LogP contribution in [0.4, 0.5) is 10.5 Å². The second-order valence-corrected chi connectivity index (χ2v) is 8.09. The number of anilines is 1. The van der Waals surface area contributed by atoms with Crippen LogP contribution in [0.15, 0.2) is 59.5 Å². The Labute approximate surface area is 159 Å². The van der Waals surface area contributed by atoms with E-state index in [1.807, 2.05) is 54.2 Å². The van der Waals surface area contributed by atoms with E-state index in [-0.39, 0.29) is 18.7 Å². The summed E-state index contributed by atoms with van der Waals surface area (Å²) in [6, 6.07) is 17.2. The summed E-state index contributed by atoms with van der Waals surface area (Å²) in [5, 5.41) is 15.9. The second kappa shape index (κ2) is 9.64. The number of aliphatic hydroxyl groups is 1. The molecule has 138 valence electrons. The highest BCUT2D eigenvalue weighted by Gasteiger charge is 2.16. The fraction of sp³-hybridized carbons (Fsp3) is 0.381. The molecule has 3 rings (SSSR count). The van der Waals surface area contributed by atoms with Gasteiger partial charge in [-0.15, -0.1) is 11.8 Å². The standard InChI is InChI=1S/C21H26N2O2S/c24-15-18(14-16-6-2-1-3-7-16)23-21(25)22-17-10-12-20(13-11-17)26-19-8-4-5-9-19/h1-3,6-7,10-13,18-19,24H,4-5,8-9,14-15H2,(H2,22,23,25). The number of hydrogen-bond donors (Lipinski definition) is 3. The molecule has 0 aliphatic heterocycles. The first-order valence-corrected chi connectivity index (χ1v) is 10.1. The van der Waals surface area contributed by atoms with Gasteiger partial charge >= 0.3 is 6.03 Å². The maximum absolute atomic E-state index is 12.2. The molecule has 0 radical (unpaired) electrons. The van der Waals surface area contributed by atoms with E-state index in [1.165, 1.54) is 30.6 Å². The molecule has 3 N–H and O–H groups in total. The molecule has 1 aliphatic rings. The van der Waals surface area contributed by atoms with Crippen LogP contribution in [0.2, 0.25) is 0 Å². The molecule has 1 unspecified atom stereocenters. The Bertz CT molecular complexity index is 685. The quantitative estimate of drug-likeness (QED) is 0.675. The van der Waals surface area contributed by atoms with Crippen molar-refractivity contribution in [2.75, 3.05) is 11.9 Å². The highest BCUT2D eigenvalue weighted by atomic mass is 32.2. The van der Waals surface area contributed by atoms with Gasteiger partial charge < -0.3 is 15.7 Å². The molecule has 0 saturated heterocycles. The van der Waals surface area contributed by atoms with Gasteiger partial charge in [-0.05, 0) is 49.1 Å². The van der Waals surface area contributed by atoms with E-state index >= 15 is 0 Å². The summed E-state index contributed by atoms with van der Waals surface area (Å²) in [4.78, 5) is 13.4. The first-order chi connectivity index (χ1) is 12.7. The number of rotatable bonds is 7. The van der Waals surface area contributed by atoms with Gasteiger partial charge in [0, 0.05) is 15.8 Å². The Morgan fingerprint density at radius 2 is 1.77 bits per heavy atom. The van der Waals surface area contributed by atoms with E-state index in [2.05, 4.69) is 22.8 Å². The molecule has 0 heterocycles. The summed E-state index contributed by atoms with van der Waals surface area (Å²) in [6.45, 7) is -0.0979. The Morgan fingerprint density at radius 1 is 1.08 bits per heavy atom. The Kier molecular flexibility index (Phi) is 6.97. The zero-order valence-corrected chi connectivity index (χ0v) is 15.7. The first-order valence-electron chi connectivity index (χ1n) is 9.22. The molecular formula is C21H26N2O2S. The van der Waals surface area contributed by atoms with Gasteiger partial charge in [0.2, 0.25) is 0 Å². The average Bonchev–Trinajstić information content (AvgIpc) is 3.16. The lowest BCUT2D eigenvalue weighted by Gasteiger charge is -2.17. The van der Waals surface area contributed by atoms with Crippen LogP contribution in [-0.4, -0.2) is 29.0 Å². The van der Waals surface area contributed by atoms with Crippen molar-refractivity contribution in [1.29, 1.82) is 0 Å². The third-order valence-electron chi connectivity index (χ3n) is 4.60. The predicted octanol–water partition coefficient (Wildman–Crippen LogP) is 4.45. The zero-order valence-electron chi connectivity index (χ0n) is 14.9. The van der Waals surface area contributed by atoms with Gasteiger partial charge in [-0.25, -0.2) is 4.79 Å². The average molecular weight is 371 g/mol. The molecule has 5 heteroatoms. The van der Waals surface area contributed by atoms with Crippen molar-refractivity contribution in [3.8, 4) is 0 Å². The van der Waals surface area contributed by atoms with Crippen molar-refractivity contribution in [3.05, 3.63) is 60.2 Å². The first kappa shape index (κ1) is 18.8. The molecule has 4 nitrogen and oxygen atoms in total. The van der Waals surface area contributed by atoms with Gasteiger partial charge in [-0.2, -0.15) is 0 Å². The minimum absolute atomic E-state index is 0.0979. The van der Waals surface area contributed by atoms with Crippen LogP contribution in [-0.2, 0) is 6.42 Å². The third kappa shape index (κ3) is 5.78. The van der Waals surface area contributed by atoms with Crippen molar-refractivity contribution in [2.45, 2.75) is 48.3 Å². The summed E-state index contributed by atoms with van der Waals surface area (Å²) in [7, 11) is 0. The Morgan fingerprint density at radius 3 is 2.42 bits per heavy atom. The van der Waals surface area contributed by atoms with Gasteiger partial charge in [-0.1, -0.05) is 43.2 Å². The summed E-state index contributed by atoms with van der Waals surface area (Å²) < 4.78 is 0. The molecule has 1 fully saturated rings. The number of hydrogen-bond acceptors (Lipinski definition) is 3. The molecule has 0 aromatic heterocycles. The highest BCUT2D eigenvalue weighted by molar-refractivity contribution is 8.00. The number of benzene rings is 2. The van der Waals surface area contributed by atoms with Crippen LogP contribution < -0.4 is 10.6 Å². The maximum atomic E-state index is 12.2. The zero-order chi connectivity index (χ0) is 18.2. The van der Waals surface area contributed by atoms with Gasteiger partial charge in [0.15, 0.2) is 0 Å². The summed E-state index contributed by atoms with van der Waals surface area (Å²) >= 11 is 1.93. The van der Waals surface area contributed by atoms with Crippen LogP contribution in [0.25, 0.3) is 0 Å². The van der Waals surface area contributed by atoms with Crippen molar-refractivity contribution in [1.82, 2.24) is 5.32 Å². The van der Waals surface area contributed by atoms with Crippen LogP contribution >= 0.6 is 11.8 Å². The lowest BCUT2D eigenvalue weighted by atomic mass is 10.1. The molecule has 0 spiro atoms. The SMILES string of the molecule is O=C(Nc1ccc(SC2CCCC2)cc1)NC(CO)Cc1ccccc1. The molecule has 0 bridgehead atoms. The van der Waals surface area contributed by atoms with Crippen molar-refractivity contribution >= 4 is 23.5 Å². The number of urea groups is 1. The fourth-order valence-corrected chi connectivity index (χ4v) is 4.48. The minimum atomic E-state index is -0.311. The van der Waals surface area contributed by atoms with E-state index < -0.39 is 0 Å². The maximum Gasteiger partial charge on any atom is 0.319 e. The van der Waals surface area contributed by atoms with Crippen LogP contribution in [0.1, 0.15) is 31.2 Å². The molecular weight excluding hydrogens is 344 g/mol. The van der Waals surface area contributed by atoms with Crippen LogP contribution in [0.3, 0.4) is 0 Å². The minimum Gasteiger partial charge on any atom is -0.394 e. The molecule has 26 heavy (non-hydrogen) atoms. The number of amides is 2. The number of carbonyl (C=O) groups excluding carboxylic acids is 1. The van der Waals surface area contributed by atoms with E-state index in [4.69, 9.17) is 0 Å². The predicted molar refractivity (Wildman–Crippen MR) is 108 cm³/mol. The number of thioether (sulfide) groups is 1. The molecule has 2 amide bonds. The third-order valence-corrected chi connectivity index (χ3v) is 5.95. The monoisotopic (exact) mass is 370 g/mol. The van der Waals surface area contributed by atoms with Gasteiger partial charge in [-0.3, -0.25) is 0 Å². The summed E-state index contributed by atoms with van der Waals surface area (Å²) in [6.07, 6.45) is 5.88. The van der Waals surface area contributed by atoms with Crippen molar-refractivity contribution in [2.24, 2.45) is 0 Å². The Hall–Kier alpha value is -1.98. The van der Waals surface area contributed by atoms with E-state index in [0.717, 1.165) is 16.5 Å². The molecule has 1 saturated carbocycles. The molecule has 1 atom stereocenters. The van der Waals surface area contributed by atoms with E-state index in [1.54, 1.807) is 0 Å². The second-order valence-electron chi connectivity index (χ2n) is 6.72. The summed E-state index contributed by atoms with van der Waals surface area (Å²) in [5.74, 6) is 0. The van der Waals surface area contributed by atoms with Crippen molar-refractivity contribution in [3.63, 3.8) is 0 Å². The lowest BCUT2D eigenvalue weighted by molar-refractivity contribution is 0.224. The number of nitrogens with one attached hydrogen (secondary N) is 2. The lowest BCUT2D eigenvalue weighted by Crippen LogP contribution is -2.41. The van der Waals surface area contributed by atoms with E-state index in [0.29, 0.717) is 6.42 Å². The molecule has 2 aromatic rings. The van der Waals surface area contributed by atoms with Gasteiger partial charge in [0.1, 0.15) is 0 Å². The van der Waals surface area contributed by atoms with Crippen molar-refractivity contribution < 1.29 is 9.90 Å².